The number of fused-ring (bicyclic) bond motifs is 2. The number of aromatic nitrogens is 1. The second kappa shape index (κ2) is 2.86. The first-order valence-electron chi connectivity index (χ1n) is 5.14. The number of amides is 1. The molecule has 0 spiro atoms. The van der Waals surface area contributed by atoms with Crippen LogP contribution in [0.25, 0.3) is 10.9 Å². The van der Waals surface area contributed by atoms with Crippen LogP contribution in [0, 0.1) is 0 Å². The summed E-state index contributed by atoms with van der Waals surface area (Å²) in [4.78, 5) is 16.4. The van der Waals surface area contributed by atoms with Gasteiger partial charge in [0.15, 0.2) is 0 Å². The minimum Gasteiger partial charge on any atom is -0.361 e. The molecule has 1 N–H and O–H groups in total. The Balaban J connectivity index is 2.22. The van der Waals surface area contributed by atoms with Crippen LogP contribution in [0.4, 0.5) is 5.69 Å². The van der Waals surface area contributed by atoms with Gasteiger partial charge in [-0.05, 0) is 35.6 Å². The Morgan fingerprint density at radius 2 is 2.33 bits per heavy atom. The summed E-state index contributed by atoms with van der Waals surface area (Å²) in [6, 6.07) is 6.30. The van der Waals surface area contributed by atoms with Crippen LogP contribution >= 0.6 is 0 Å². The number of carbonyl (C=O) groups excluding carboxylic acids is 1. The van der Waals surface area contributed by atoms with Crippen molar-refractivity contribution < 1.29 is 4.79 Å². The fourth-order valence-corrected chi connectivity index (χ4v) is 2.27. The zero-order chi connectivity index (χ0) is 10.4. The van der Waals surface area contributed by atoms with Crippen LogP contribution in [-0.4, -0.2) is 17.4 Å². The Kier molecular flexibility index (Phi) is 1.63. The maximum atomic E-state index is 11.4. The molecule has 0 saturated carbocycles. The molecular formula is C12H12N2O. The Morgan fingerprint density at radius 3 is 3.13 bits per heavy atom. The van der Waals surface area contributed by atoms with Crippen LogP contribution in [0.5, 0.6) is 0 Å². The highest BCUT2D eigenvalue weighted by Gasteiger charge is 2.22. The van der Waals surface area contributed by atoms with Gasteiger partial charge in [-0.15, -0.1) is 0 Å². The summed E-state index contributed by atoms with van der Waals surface area (Å²) >= 11 is 0. The maximum Gasteiger partial charge on any atom is 0.223 e. The predicted octanol–water partition coefficient (Wildman–Crippen LogP) is 2.08. The van der Waals surface area contributed by atoms with E-state index in [2.05, 4.69) is 23.2 Å². The molecule has 15 heavy (non-hydrogen) atoms. The molecular weight excluding hydrogens is 188 g/mol. The molecule has 2 heterocycles. The maximum absolute atomic E-state index is 11.4. The van der Waals surface area contributed by atoms with E-state index in [-0.39, 0.29) is 5.91 Å². The summed E-state index contributed by atoms with van der Waals surface area (Å²) in [6.45, 7) is 2.44. The first-order chi connectivity index (χ1) is 7.25. The van der Waals surface area contributed by atoms with Crippen molar-refractivity contribution in [1.29, 1.82) is 0 Å². The van der Waals surface area contributed by atoms with Crippen molar-refractivity contribution in [3.05, 3.63) is 30.0 Å². The quantitative estimate of drug-likeness (QED) is 0.694. The van der Waals surface area contributed by atoms with Crippen LogP contribution < -0.4 is 4.90 Å². The largest absolute Gasteiger partial charge is 0.361 e. The van der Waals surface area contributed by atoms with Gasteiger partial charge in [-0.1, -0.05) is 0 Å². The lowest BCUT2D eigenvalue weighted by atomic mass is 10.1. The van der Waals surface area contributed by atoms with Crippen LogP contribution in [0.3, 0.4) is 0 Å². The lowest BCUT2D eigenvalue weighted by Crippen LogP contribution is -2.25. The number of benzene rings is 1. The van der Waals surface area contributed by atoms with Gasteiger partial charge in [0.25, 0.3) is 0 Å². The van der Waals surface area contributed by atoms with Crippen molar-refractivity contribution >= 4 is 22.5 Å². The summed E-state index contributed by atoms with van der Waals surface area (Å²) < 4.78 is 0. The molecule has 3 nitrogen and oxygen atoms in total. The van der Waals surface area contributed by atoms with Crippen molar-refractivity contribution in [3.63, 3.8) is 0 Å². The average Bonchev–Trinajstić information content (AvgIpc) is 2.77. The van der Waals surface area contributed by atoms with Gasteiger partial charge >= 0.3 is 0 Å². The third-order valence-corrected chi connectivity index (χ3v) is 3.03. The fourth-order valence-electron chi connectivity index (χ4n) is 2.27. The van der Waals surface area contributed by atoms with Crippen LogP contribution in [-0.2, 0) is 11.2 Å². The molecule has 3 heteroatoms. The third-order valence-electron chi connectivity index (χ3n) is 3.03. The third kappa shape index (κ3) is 1.16. The molecule has 0 unspecified atom stereocenters. The molecule has 0 radical (unpaired) electrons. The molecule has 1 aliphatic heterocycles. The lowest BCUT2D eigenvalue weighted by Gasteiger charge is -2.14. The van der Waals surface area contributed by atoms with Gasteiger partial charge < -0.3 is 9.88 Å². The van der Waals surface area contributed by atoms with Crippen LogP contribution in [0.2, 0.25) is 0 Å². The summed E-state index contributed by atoms with van der Waals surface area (Å²) in [5.41, 5.74) is 3.44. The van der Waals surface area contributed by atoms with E-state index in [1.54, 1.807) is 6.92 Å². The van der Waals surface area contributed by atoms with E-state index < -0.39 is 0 Å². The van der Waals surface area contributed by atoms with Crippen LogP contribution in [0.15, 0.2) is 24.4 Å². The molecule has 2 aromatic rings. The molecule has 0 atom stereocenters. The smallest absolute Gasteiger partial charge is 0.223 e. The Bertz CT molecular complexity index is 542. The van der Waals surface area contributed by atoms with Gasteiger partial charge in [0.05, 0.1) is 0 Å². The van der Waals surface area contributed by atoms with E-state index in [0.717, 1.165) is 24.2 Å². The molecule has 0 bridgehead atoms. The van der Waals surface area contributed by atoms with Gasteiger partial charge in [-0.25, -0.2) is 0 Å². The zero-order valence-corrected chi connectivity index (χ0v) is 8.58. The summed E-state index contributed by atoms with van der Waals surface area (Å²) in [5.74, 6) is 0.125. The number of anilines is 1. The van der Waals surface area contributed by atoms with Crippen molar-refractivity contribution in [3.8, 4) is 0 Å². The molecule has 1 aromatic carbocycles. The van der Waals surface area contributed by atoms with E-state index in [0.29, 0.717) is 0 Å². The van der Waals surface area contributed by atoms with Gasteiger partial charge in [-0.3, -0.25) is 4.79 Å². The normalized spacial score (nSPS) is 14.6. The average molecular weight is 200 g/mol. The first-order valence-corrected chi connectivity index (χ1v) is 5.14. The highest BCUT2D eigenvalue weighted by Crippen LogP contribution is 2.31. The molecule has 0 fully saturated rings. The molecule has 1 aromatic heterocycles. The van der Waals surface area contributed by atoms with Crippen molar-refractivity contribution in [2.24, 2.45) is 0 Å². The predicted molar refractivity (Wildman–Crippen MR) is 60.0 cm³/mol. The highest BCUT2D eigenvalue weighted by atomic mass is 16.2. The van der Waals surface area contributed by atoms with E-state index in [9.17, 15) is 4.79 Å². The number of aromatic amines is 1. The van der Waals surface area contributed by atoms with E-state index >= 15 is 0 Å². The van der Waals surface area contributed by atoms with Crippen molar-refractivity contribution in [1.82, 2.24) is 4.98 Å². The number of rotatable bonds is 0. The second-order valence-corrected chi connectivity index (χ2v) is 3.97. The van der Waals surface area contributed by atoms with Crippen molar-refractivity contribution in [2.45, 2.75) is 13.3 Å². The second-order valence-electron chi connectivity index (χ2n) is 3.97. The Hall–Kier alpha value is -1.77. The zero-order valence-electron chi connectivity index (χ0n) is 8.58. The van der Waals surface area contributed by atoms with E-state index in [4.69, 9.17) is 0 Å². The van der Waals surface area contributed by atoms with Gasteiger partial charge in [0, 0.05) is 30.9 Å². The van der Waals surface area contributed by atoms with Crippen molar-refractivity contribution in [2.75, 3.05) is 11.4 Å². The Morgan fingerprint density at radius 1 is 1.47 bits per heavy atom. The monoisotopic (exact) mass is 200 g/mol. The SMILES string of the molecule is CC(=O)N1CCc2cc3cc[nH]c3cc21. The van der Waals surface area contributed by atoms with Gasteiger partial charge in [0.2, 0.25) is 5.91 Å². The molecule has 0 aliphatic carbocycles. The van der Waals surface area contributed by atoms with Gasteiger partial charge in [-0.2, -0.15) is 0 Å². The number of hydrogen-bond acceptors (Lipinski definition) is 1. The molecule has 0 saturated heterocycles. The number of hydrogen-bond donors (Lipinski definition) is 1. The molecule has 1 amide bonds. The first kappa shape index (κ1) is 8.53. The molecule has 3 rings (SSSR count). The minimum atomic E-state index is 0.125. The van der Waals surface area contributed by atoms with E-state index in [1.807, 2.05) is 11.1 Å². The van der Waals surface area contributed by atoms with E-state index in [1.165, 1.54) is 10.9 Å². The van der Waals surface area contributed by atoms with Crippen LogP contribution in [0.1, 0.15) is 12.5 Å². The number of H-pyrrole nitrogens is 1. The number of nitrogens with zero attached hydrogens (tertiary/aromatic N) is 1. The minimum absolute atomic E-state index is 0.125. The standard InChI is InChI=1S/C12H12N2O/c1-8(15)14-5-3-10-6-9-2-4-13-11(9)7-12(10)14/h2,4,6-7,13H,3,5H2,1H3. The Labute approximate surface area is 87.7 Å². The lowest BCUT2D eigenvalue weighted by molar-refractivity contribution is -0.116. The summed E-state index contributed by atoms with van der Waals surface area (Å²) in [5, 5.41) is 1.22. The topological polar surface area (TPSA) is 36.1 Å². The highest BCUT2D eigenvalue weighted by molar-refractivity contribution is 5.97. The summed E-state index contributed by atoms with van der Waals surface area (Å²) in [7, 11) is 0. The van der Waals surface area contributed by atoms with Gasteiger partial charge in [0.1, 0.15) is 0 Å². The number of carbonyl (C=O) groups is 1. The number of nitrogens with one attached hydrogen (secondary N) is 1. The fraction of sp³-hybridized carbons (Fsp3) is 0.250. The summed E-state index contributed by atoms with van der Waals surface area (Å²) in [6.07, 6.45) is 2.90. The molecule has 76 valence electrons. The molecule has 1 aliphatic rings.